The topological polar surface area (TPSA) is 0 Å². The fourth-order valence-corrected chi connectivity index (χ4v) is 2.94. The van der Waals surface area contributed by atoms with E-state index < -0.39 is 0 Å². The maximum Gasteiger partial charge on any atom is -0.0300 e. The molecule has 0 saturated carbocycles. The van der Waals surface area contributed by atoms with E-state index >= 15 is 0 Å². The number of hydrogen-bond acceptors (Lipinski definition) is 0. The lowest BCUT2D eigenvalue weighted by molar-refractivity contribution is 0.181. The minimum Gasteiger partial charge on any atom is -0.0628 e. The van der Waals surface area contributed by atoms with E-state index in [1.54, 1.807) is 5.92 Å². The molecule has 0 aromatic heterocycles. The maximum absolute atomic E-state index is 2.47. The summed E-state index contributed by atoms with van der Waals surface area (Å²) < 4.78 is 0. The highest BCUT2D eigenvalue weighted by Crippen LogP contribution is 2.36. The van der Waals surface area contributed by atoms with Crippen LogP contribution in [-0.2, 0) is 0 Å². The van der Waals surface area contributed by atoms with Crippen molar-refractivity contribution in [2.24, 2.45) is 23.2 Å². The average molecular weight is 268 g/mol. The summed E-state index contributed by atoms with van der Waals surface area (Å²) >= 11 is 0. The Hall–Kier alpha value is 0. The first-order chi connectivity index (χ1) is 8.65. The molecule has 115 valence electrons. The van der Waals surface area contributed by atoms with Gasteiger partial charge in [-0.1, -0.05) is 74.7 Å². The van der Waals surface area contributed by atoms with Crippen LogP contribution in [0.15, 0.2) is 0 Å². The first-order valence-electron chi connectivity index (χ1n) is 8.44. The zero-order valence-electron chi connectivity index (χ0n) is 15.0. The summed E-state index contributed by atoms with van der Waals surface area (Å²) in [5.74, 6) is 4.14. The van der Waals surface area contributed by atoms with E-state index in [1.807, 2.05) is 0 Å². The molecule has 0 spiro atoms. The zero-order valence-corrected chi connectivity index (χ0v) is 15.0. The van der Waals surface area contributed by atoms with Crippen LogP contribution in [0.1, 0.15) is 93.9 Å². The van der Waals surface area contributed by atoms with Crippen LogP contribution in [0.4, 0.5) is 0 Å². The Balaban J connectivity index is 3.98. The second kappa shape index (κ2) is 9.03. The van der Waals surface area contributed by atoms with Crippen LogP contribution >= 0.6 is 0 Å². The van der Waals surface area contributed by atoms with Gasteiger partial charge in [-0.05, 0) is 48.3 Å². The summed E-state index contributed by atoms with van der Waals surface area (Å²) in [4.78, 5) is 0. The Morgan fingerprint density at radius 1 is 0.895 bits per heavy atom. The predicted molar refractivity (Wildman–Crippen MR) is 89.2 cm³/mol. The molecule has 0 aliphatic heterocycles. The molecule has 0 fully saturated rings. The molecule has 0 nitrogen and oxygen atoms in total. The van der Waals surface area contributed by atoms with Crippen LogP contribution in [0.2, 0.25) is 0 Å². The van der Waals surface area contributed by atoms with Gasteiger partial charge in [-0.3, -0.25) is 0 Å². The molecule has 0 aromatic carbocycles. The Labute approximate surface area is 123 Å². The highest BCUT2D eigenvalue weighted by atomic mass is 14.3. The molecule has 2 unspecified atom stereocenters. The van der Waals surface area contributed by atoms with Crippen molar-refractivity contribution in [1.82, 2.24) is 0 Å². The molecule has 2 atom stereocenters. The number of hydrogen-bond donors (Lipinski definition) is 0. The number of rotatable bonds is 10. The van der Waals surface area contributed by atoms with Gasteiger partial charge in [0.25, 0.3) is 0 Å². The molecule has 0 saturated heterocycles. The van der Waals surface area contributed by atoms with Gasteiger partial charge >= 0.3 is 0 Å². The normalized spacial score (nSPS) is 16.1. The Morgan fingerprint density at radius 3 is 1.95 bits per heavy atom. The van der Waals surface area contributed by atoms with E-state index in [0.29, 0.717) is 5.41 Å². The van der Waals surface area contributed by atoms with E-state index in [-0.39, 0.29) is 0 Å². The third-order valence-corrected chi connectivity index (χ3v) is 4.79. The van der Waals surface area contributed by atoms with Gasteiger partial charge in [-0.25, -0.2) is 0 Å². The molecular weight excluding hydrogens is 228 g/mol. The summed E-state index contributed by atoms with van der Waals surface area (Å²) in [6.07, 6.45) is 8.26. The lowest BCUT2D eigenvalue weighted by Gasteiger charge is -2.33. The molecule has 0 aliphatic carbocycles. The molecule has 0 N–H and O–H groups in total. The predicted octanol–water partition coefficient (Wildman–Crippen LogP) is 6.90. The van der Waals surface area contributed by atoms with Crippen molar-refractivity contribution in [2.75, 3.05) is 0 Å². The van der Waals surface area contributed by atoms with Crippen molar-refractivity contribution in [1.29, 1.82) is 0 Å². The van der Waals surface area contributed by atoms with Gasteiger partial charge in [0, 0.05) is 0 Å². The Bertz CT molecular complexity index is 212. The average Bonchev–Trinajstić information content (AvgIpc) is 2.23. The monoisotopic (exact) mass is 267 g/mol. The van der Waals surface area contributed by atoms with Gasteiger partial charge in [0.15, 0.2) is 0 Å². The molecule has 0 heteroatoms. The van der Waals surface area contributed by atoms with Crippen molar-refractivity contribution < 1.29 is 0 Å². The molecule has 0 rings (SSSR count). The quantitative estimate of drug-likeness (QED) is 0.404. The summed E-state index contributed by atoms with van der Waals surface area (Å²) in [6.45, 7) is 19.0. The van der Waals surface area contributed by atoms with E-state index in [0.717, 1.165) is 17.8 Å². The third-order valence-electron chi connectivity index (χ3n) is 4.79. The molecule has 19 heavy (non-hydrogen) atoms. The van der Waals surface area contributed by atoms with Crippen LogP contribution in [0, 0.1) is 29.1 Å². The lowest BCUT2D eigenvalue weighted by Crippen LogP contribution is -2.22. The van der Waals surface area contributed by atoms with Crippen molar-refractivity contribution in [3.8, 4) is 0 Å². The SMILES string of the molecule is C[C](C)CC(C)CCC(C)C(C)(C)CCCC(C)C. The fourth-order valence-electron chi connectivity index (χ4n) is 2.94. The van der Waals surface area contributed by atoms with Crippen LogP contribution in [0.5, 0.6) is 0 Å². The van der Waals surface area contributed by atoms with Crippen LogP contribution < -0.4 is 0 Å². The van der Waals surface area contributed by atoms with Crippen molar-refractivity contribution in [3.05, 3.63) is 5.92 Å². The largest absolute Gasteiger partial charge is 0.0628 e. The second-order valence-electron chi connectivity index (χ2n) is 8.27. The molecular formula is C19H39. The van der Waals surface area contributed by atoms with Crippen molar-refractivity contribution in [2.45, 2.75) is 93.9 Å². The van der Waals surface area contributed by atoms with Gasteiger partial charge < -0.3 is 0 Å². The van der Waals surface area contributed by atoms with E-state index in [2.05, 4.69) is 55.4 Å². The minimum atomic E-state index is 0.513. The summed E-state index contributed by atoms with van der Waals surface area (Å²) in [5, 5.41) is 0. The highest BCUT2D eigenvalue weighted by Gasteiger charge is 2.25. The summed E-state index contributed by atoms with van der Waals surface area (Å²) in [6, 6.07) is 0. The minimum absolute atomic E-state index is 0.513. The molecule has 0 amide bonds. The van der Waals surface area contributed by atoms with Gasteiger partial charge in [-0.15, -0.1) is 0 Å². The molecule has 0 bridgehead atoms. The van der Waals surface area contributed by atoms with Gasteiger partial charge in [0.05, 0.1) is 0 Å². The van der Waals surface area contributed by atoms with Crippen LogP contribution in [0.25, 0.3) is 0 Å². The summed E-state index contributed by atoms with van der Waals surface area (Å²) in [7, 11) is 0. The molecule has 0 heterocycles. The van der Waals surface area contributed by atoms with Crippen LogP contribution in [0.3, 0.4) is 0 Å². The van der Waals surface area contributed by atoms with Crippen molar-refractivity contribution in [3.63, 3.8) is 0 Å². The van der Waals surface area contributed by atoms with Gasteiger partial charge in [-0.2, -0.15) is 0 Å². The third kappa shape index (κ3) is 9.52. The summed E-state index contributed by atoms with van der Waals surface area (Å²) in [5.41, 5.74) is 0.513. The van der Waals surface area contributed by atoms with E-state index in [4.69, 9.17) is 0 Å². The lowest BCUT2D eigenvalue weighted by atomic mass is 9.73. The standard InChI is InChI=1S/C19H39/c1-15(2)10-9-13-19(7,8)18(6)12-11-17(5)14-16(3)4/h15,17-18H,9-14H2,1-8H3. The fraction of sp³-hybridized carbons (Fsp3) is 0.947. The van der Waals surface area contributed by atoms with Crippen molar-refractivity contribution >= 4 is 0 Å². The molecule has 1 radical (unpaired) electrons. The Kier molecular flexibility index (Phi) is 9.03. The first-order valence-corrected chi connectivity index (χ1v) is 8.44. The second-order valence-corrected chi connectivity index (χ2v) is 8.27. The first kappa shape index (κ1) is 19.0. The Morgan fingerprint density at radius 2 is 1.47 bits per heavy atom. The molecule has 0 aromatic rings. The van der Waals surface area contributed by atoms with E-state index in [9.17, 15) is 0 Å². The highest BCUT2D eigenvalue weighted by molar-refractivity contribution is 4.81. The van der Waals surface area contributed by atoms with Gasteiger partial charge in [0.1, 0.15) is 0 Å². The van der Waals surface area contributed by atoms with Gasteiger partial charge in [0.2, 0.25) is 0 Å². The maximum atomic E-state index is 2.47. The molecule has 0 aliphatic rings. The van der Waals surface area contributed by atoms with E-state index in [1.165, 1.54) is 38.5 Å². The smallest absolute Gasteiger partial charge is 0.0300 e. The zero-order chi connectivity index (χ0) is 15.1. The van der Waals surface area contributed by atoms with Crippen LogP contribution in [-0.4, -0.2) is 0 Å².